The fraction of sp³-hybridized carbons (Fsp3) is 0.133. The summed E-state index contributed by atoms with van der Waals surface area (Å²) in [5.74, 6) is -0.549. The number of hydrogen-bond donors (Lipinski definition) is 2. The molecule has 0 unspecified atom stereocenters. The van der Waals surface area contributed by atoms with Crippen molar-refractivity contribution in [2.75, 3.05) is 17.2 Å². The van der Waals surface area contributed by atoms with Crippen LogP contribution in [0.5, 0.6) is 0 Å². The minimum atomic E-state index is -0.337. The predicted octanol–water partition coefficient (Wildman–Crippen LogP) is 3.84. The average Bonchev–Trinajstić information content (AvgIpc) is 2.43. The quantitative estimate of drug-likeness (QED) is 0.899. The minimum absolute atomic E-state index is 0.110. The summed E-state index contributed by atoms with van der Waals surface area (Å²) in [6, 6.07) is 11.1. The van der Waals surface area contributed by atoms with Crippen LogP contribution in [-0.4, -0.2) is 12.5 Å². The number of hydrogen-bond acceptors (Lipinski definition) is 2. The van der Waals surface area contributed by atoms with E-state index in [1.165, 1.54) is 24.3 Å². The number of amides is 1. The van der Waals surface area contributed by atoms with Crippen LogP contribution in [0.2, 0.25) is 5.02 Å². The molecule has 2 aromatic carbocycles. The Morgan fingerprint density at radius 2 is 1.90 bits per heavy atom. The van der Waals surface area contributed by atoms with Gasteiger partial charge in [0.2, 0.25) is 5.91 Å². The highest BCUT2D eigenvalue weighted by Crippen LogP contribution is 2.22. The zero-order valence-electron chi connectivity index (χ0n) is 10.9. The van der Waals surface area contributed by atoms with E-state index in [0.29, 0.717) is 10.7 Å². The topological polar surface area (TPSA) is 41.1 Å². The highest BCUT2D eigenvalue weighted by atomic mass is 35.5. The highest BCUT2D eigenvalue weighted by Gasteiger charge is 2.05. The van der Waals surface area contributed by atoms with E-state index in [-0.39, 0.29) is 18.3 Å². The lowest BCUT2D eigenvalue weighted by Crippen LogP contribution is -2.22. The zero-order valence-corrected chi connectivity index (χ0v) is 11.7. The second kappa shape index (κ2) is 6.39. The van der Waals surface area contributed by atoms with Crippen molar-refractivity contribution in [2.24, 2.45) is 0 Å². The molecule has 2 N–H and O–H groups in total. The second-order valence-corrected chi connectivity index (χ2v) is 4.73. The van der Waals surface area contributed by atoms with Gasteiger partial charge in [-0.3, -0.25) is 4.79 Å². The molecule has 0 saturated heterocycles. The molecule has 0 radical (unpaired) electrons. The minimum Gasteiger partial charge on any atom is -0.376 e. The number of nitrogens with one attached hydrogen (secondary N) is 2. The van der Waals surface area contributed by atoms with E-state index in [0.717, 1.165) is 11.3 Å². The van der Waals surface area contributed by atoms with Gasteiger partial charge >= 0.3 is 0 Å². The average molecular weight is 293 g/mol. The Morgan fingerprint density at radius 3 is 2.60 bits per heavy atom. The molecular formula is C15H14ClFN2O. The van der Waals surface area contributed by atoms with E-state index in [2.05, 4.69) is 10.6 Å². The summed E-state index contributed by atoms with van der Waals surface area (Å²) in [5, 5.41) is 6.33. The highest BCUT2D eigenvalue weighted by molar-refractivity contribution is 6.31. The summed E-state index contributed by atoms with van der Waals surface area (Å²) < 4.78 is 12.7. The van der Waals surface area contributed by atoms with Crippen LogP contribution in [0.25, 0.3) is 0 Å². The van der Waals surface area contributed by atoms with Crippen LogP contribution in [0.3, 0.4) is 0 Å². The van der Waals surface area contributed by atoms with Crippen molar-refractivity contribution in [3.63, 3.8) is 0 Å². The summed E-state index contributed by atoms with van der Waals surface area (Å²) in [6.45, 7) is 1.99. The molecule has 20 heavy (non-hydrogen) atoms. The molecule has 0 aliphatic rings. The van der Waals surface area contributed by atoms with E-state index < -0.39 is 0 Å². The molecule has 0 aromatic heterocycles. The van der Waals surface area contributed by atoms with Crippen LogP contribution >= 0.6 is 11.6 Å². The fourth-order valence-corrected chi connectivity index (χ4v) is 1.89. The van der Waals surface area contributed by atoms with Gasteiger partial charge in [-0.15, -0.1) is 0 Å². The standard InChI is InChI=1S/C15H14ClFN2O/c1-10-13(16)3-2-4-14(10)18-9-15(20)19-12-7-5-11(17)6-8-12/h2-8,18H,9H2,1H3,(H,19,20). The van der Waals surface area contributed by atoms with Gasteiger partial charge in [-0.05, 0) is 48.9 Å². The zero-order chi connectivity index (χ0) is 14.5. The van der Waals surface area contributed by atoms with Crippen molar-refractivity contribution in [1.29, 1.82) is 0 Å². The molecule has 0 bridgehead atoms. The molecular weight excluding hydrogens is 279 g/mol. The molecule has 0 saturated carbocycles. The molecule has 0 fully saturated rings. The lowest BCUT2D eigenvalue weighted by molar-refractivity contribution is -0.114. The van der Waals surface area contributed by atoms with E-state index in [4.69, 9.17) is 11.6 Å². The van der Waals surface area contributed by atoms with Crippen molar-refractivity contribution in [3.8, 4) is 0 Å². The van der Waals surface area contributed by atoms with E-state index in [1.54, 1.807) is 6.07 Å². The molecule has 0 spiro atoms. The molecule has 0 aliphatic heterocycles. The monoisotopic (exact) mass is 292 g/mol. The Balaban J connectivity index is 1.92. The molecule has 0 aliphatic carbocycles. The lowest BCUT2D eigenvalue weighted by atomic mass is 10.2. The first-order valence-corrected chi connectivity index (χ1v) is 6.48. The fourth-order valence-electron chi connectivity index (χ4n) is 1.71. The number of anilines is 2. The Hall–Kier alpha value is -2.07. The van der Waals surface area contributed by atoms with Crippen molar-refractivity contribution in [3.05, 3.63) is 58.9 Å². The predicted molar refractivity (Wildman–Crippen MR) is 79.7 cm³/mol. The van der Waals surface area contributed by atoms with E-state index in [9.17, 15) is 9.18 Å². The van der Waals surface area contributed by atoms with Crippen LogP contribution in [-0.2, 0) is 4.79 Å². The molecule has 1 amide bonds. The third-order valence-corrected chi connectivity index (χ3v) is 3.24. The summed E-state index contributed by atoms with van der Waals surface area (Å²) >= 11 is 6.00. The Labute approximate surface area is 121 Å². The number of halogens is 2. The maximum Gasteiger partial charge on any atom is 0.243 e. The maximum atomic E-state index is 12.7. The smallest absolute Gasteiger partial charge is 0.243 e. The van der Waals surface area contributed by atoms with Gasteiger partial charge in [0.15, 0.2) is 0 Å². The normalized spacial score (nSPS) is 10.2. The summed E-state index contributed by atoms with van der Waals surface area (Å²) in [4.78, 5) is 11.8. The van der Waals surface area contributed by atoms with E-state index >= 15 is 0 Å². The SMILES string of the molecule is Cc1c(Cl)cccc1NCC(=O)Nc1ccc(F)cc1. The van der Waals surface area contributed by atoms with Gasteiger partial charge in [-0.2, -0.15) is 0 Å². The molecule has 0 heterocycles. The Morgan fingerprint density at radius 1 is 1.20 bits per heavy atom. The molecule has 104 valence electrons. The number of rotatable bonds is 4. The van der Waals surface area contributed by atoms with Crippen molar-refractivity contribution < 1.29 is 9.18 Å². The Bertz CT molecular complexity index is 614. The molecule has 0 atom stereocenters. The van der Waals surface area contributed by atoms with Gasteiger partial charge in [-0.1, -0.05) is 17.7 Å². The van der Waals surface area contributed by atoms with Crippen LogP contribution in [0.4, 0.5) is 15.8 Å². The first-order valence-electron chi connectivity index (χ1n) is 6.10. The van der Waals surface area contributed by atoms with Crippen molar-refractivity contribution >= 4 is 28.9 Å². The van der Waals surface area contributed by atoms with Crippen LogP contribution in [0, 0.1) is 12.7 Å². The van der Waals surface area contributed by atoms with Gasteiger partial charge in [0.1, 0.15) is 5.82 Å². The molecule has 5 heteroatoms. The van der Waals surface area contributed by atoms with Gasteiger partial charge in [0, 0.05) is 16.4 Å². The van der Waals surface area contributed by atoms with Gasteiger partial charge in [-0.25, -0.2) is 4.39 Å². The van der Waals surface area contributed by atoms with Gasteiger partial charge in [0.05, 0.1) is 6.54 Å². The number of carbonyl (C=O) groups excluding carboxylic acids is 1. The molecule has 2 aromatic rings. The van der Waals surface area contributed by atoms with Crippen molar-refractivity contribution in [2.45, 2.75) is 6.92 Å². The summed E-state index contributed by atoms with van der Waals surface area (Å²) in [7, 11) is 0. The van der Waals surface area contributed by atoms with Gasteiger partial charge in [0.25, 0.3) is 0 Å². The first kappa shape index (κ1) is 14.3. The van der Waals surface area contributed by atoms with Gasteiger partial charge < -0.3 is 10.6 Å². The number of carbonyl (C=O) groups is 1. The molecule has 3 nitrogen and oxygen atoms in total. The van der Waals surface area contributed by atoms with Crippen molar-refractivity contribution in [1.82, 2.24) is 0 Å². The third-order valence-electron chi connectivity index (χ3n) is 2.84. The summed E-state index contributed by atoms with van der Waals surface area (Å²) in [6.07, 6.45) is 0. The van der Waals surface area contributed by atoms with Crippen LogP contribution in [0.1, 0.15) is 5.56 Å². The van der Waals surface area contributed by atoms with Crippen LogP contribution < -0.4 is 10.6 Å². The Kier molecular flexibility index (Phi) is 4.58. The second-order valence-electron chi connectivity index (χ2n) is 4.32. The maximum absolute atomic E-state index is 12.7. The lowest BCUT2D eigenvalue weighted by Gasteiger charge is -2.11. The summed E-state index contributed by atoms with van der Waals surface area (Å²) in [5.41, 5.74) is 2.26. The molecule has 2 rings (SSSR count). The third kappa shape index (κ3) is 3.71. The number of benzene rings is 2. The largest absolute Gasteiger partial charge is 0.376 e. The van der Waals surface area contributed by atoms with Crippen LogP contribution in [0.15, 0.2) is 42.5 Å². The van der Waals surface area contributed by atoms with E-state index in [1.807, 2.05) is 19.1 Å². The first-order chi connectivity index (χ1) is 9.56.